The van der Waals surface area contributed by atoms with Crippen molar-refractivity contribution in [2.75, 3.05) is 32.8 Å². The summed E-state index contributed by atoms with van der Waals surface area (Å²) in [5.41, 5.74) is 0. The van der Waals surface area contributed by atoms with Gasteiger partial charge in [0.15, 0.2) is 0 Å². The lowest BCUT2D eigenvalue weighted by molar-refractivity contribution is 0.0342. The van der Waals surface area contributed by atoms with Crippen LogP contribution in [0.2, 0.25) is 0 Å². The second kappa shape index (κ2) is 7.17. The van der Waals surface area contributed by atoms with Gasteiger partial charge in [-0.1, -0.05) is 0 Å². The highest BCUT2D eigenvalue weighted by Gasteiger charge is 2.17. The van der Waals surface area contributed by atoms with Crippen molar-refractivity contribution in [3.8, 4) is 0 Å². The molecule has 1 unspecified atom stereocenters. The number of thiophene rings is 1. The second-order valence-corrected chi connectivity index (χ2v) is 7.74. The Balaban J connectivity index is 1.84. The van der Waals surface area contributed by atoms with Crippen LogP contribution in [0, 0.1) is 0 Å². The zero-order chi connectivity index (χ0) is 13.8. The van der Waals surface area contributed by atoms with Crippen LogP contribution in [0.5, 0.6) is 0 Å². The quantitative estimate of drug-likeness (QED) is 0.828. The molecule has 1 amide bonds. The normalized spacial score (nSPS) is 18.3. The van der Waals surface area contributed by atoms with Gasteiger partial charge < -0.3 is 10.1 Å². The molecular weight excluding hydrogens is 396 g/mol. The Labute approximate surface area is 133 Å². The number of amides is 1. The van der Waals surface area contributed by atoms with E-state index >= 15 is 0 Å². The zero-order valence-electron chi connectivity index (χ0n) is 10.6. The van der Waals surface area contributed by atoms with E-state index in [1.54, 1.807) is 0 Å². The fourth-order valence-electron chi connectivity index (χ4n) is 1.97. The minimum Gasteiger partial charge on any atom is -0.379 e. The van der Waals surface area contributed by atoms with Gasteiger partial charge in [-0.25, -0.2) is 0 Å². The zero-order valence-corrected chi connectivity index (χ0v) is 14.6. The van der Waals surface area contributed by atoms with E-state index in [-0.39, 0.29) is 11.9 Å². The van der Waals surface area contributed by atoms with Crippen LogP contribution in [0.3, 0.4) is 0 Å². The summed E-state index contributed by atoms with van der Waals surface area (Å²) in [6.07, 6.45) is 0. The van der Waals surface area contributed by atoms with Crippen LogP contribution in [0.4, 0.5) is 0 Å². The molecule has 0 spiro atoms. The second-order valence-electron chi connectivity index (χ2n) is 4.52. The van der Waals surface area contributed by atoms with E-state index in [1.807, 2.05) is 13.0 Å². The van der Waals surface area contributed by atoms with Crippen molar-refractivity contribution < 1.29 is 9.53 Å². The van der Waals surface area contributed by atoms with Gasteiger partial charge >= 0.3 is 0 Å². The molecule has 0 aliphatic carbocycles. The molecule has 1 saturated heterocycles. The highest BCUT2D eigenvalue weighted by Crippen LogP contribution is 2.32. The molecule has 1 fully saturated rings. The maximum absolute atomic E-state index is 12.1. The number of hydrogen-bond acceptors (Lipinski definition) is 4. The Morgan fingerprint density at radius 1 is 1.53 bits per heavy atom. The Kier molecular flexibility index (Phi) is 5.83. The third-order valence-electron chi connectivity index (χ3n) is 2.88. The maximum Gasteiger partial charge on any atom is 0.261 e. The van der Waals surface area contributed by atoms with Gasteiger partial charge in [0.05, 0.1) is 21.9 Å². The Hall–Kier alpha value is 0.0500. The summed E-state index contributed by atoms with van der Waals surface area (Å²) in [7, 11) is 0. The van der Waals surface area contributed by atoms with Gasteiger partial charge in [-0.2, -0.15) is 0 Å². The van der Waals surface area contributed by atoms with E-state index in [9.17, 15) is 4.79 Å². The molecule has 2 heterocycles. The summed E-state index contributed by atoms with van der Waals surface area (Å²) in [4.78, 5) is 15.1. The van der Waals surface area contributed by atoms with Gasteiger partial charge in [0.25, 0.3) is 5.91 Å². The third kappa shape index (κ3) is 4.53. The summed E-state index contributed by atoms with van der Waals surface area (Å²) in [5, 5.41) is 3.03. The molecule has 106 valence electrons. The number of ether oxygens (including phenoxy) is 1. The number of morpholine rings is 1. The molecule has 1 N–H and O–H groups in total. The first-order chi connectivity index (χ1) is 9.06. The molecule has 4 nitrogen and oxygen atoms in total. The Morgan fingerprint density at radius 2 is 2.21 bits per heavy atom. The summed E-state index contributed by atoms with van der Waals surface area (Å²) in [6, 6.07) is 1.97. The lowest BCUT2D eigenvalue weighted by Gasteiger charge is -2.29. The van der Waals surface area contributed by atoms with E-state index in [0.29, 0.717) is 4.88 Å². The van der Waals surface area contributed by atoms with Crippen LogP contribution < -0.4 is 5.32 Å². The minimum atomic E-state index is -0.0165. The summed E-state index contributed by atoms with van der Waals surface area (Å²) >= 11 is 8.23. The van der Waals surface area contributed by atoms with Crippen LogP contribution in [-0.2, 0) is 4.74 Å². The summed E-state index contributed by atoms with van der Waals surface area (Å²) in [6.45, 7) is 6.34. The molecule has 0 bridgehead atoms. The number of carbonyl (C=O) groups is 1. The number of carbonyl (C=O) groups excluding carboxylic acids is 1. The minimum absolute atomic E-state index is 0.0165. The number of rotatable bonds is 4. The van der Waals surface area contributed by atoms with Gasteiger partial charge in [-0.15, -0.1) is 11.3 Å². The van der Waals surface area contributed by atoms with Crippen molar-refractivity contribution in [1.29, 1.82) is 0 Å². The Morgan fingerprint density at radius 3 is 2.79 bits per heavy atom. The van der Waals surface area contributed by atoms with Crippen LogP contribution in [0.25, 0.3) is 0 Å². The SMILES string of the molecule is CC(CN1CCOCC1)NC(=O)c1cc(Br)c(Br)s1. The Bertz CT molecular complexity index is 427. The smallest absolute Gasteiger partial charge is 0.261 e. The molecule has 1 aromatic heterocycles. The third-order valence-corrected chi connectivity index (χ3v) is 6.14. The first kappa shape index (κ1) is 15.4. The van der Waals surface area contributed by atoms with Gasteiger partial charge in [-0.05, 0) is 44.8 Å². The molecule has 2 rings (SSSR count). The lowest BCUT2D eigenvalue weighted by Crippen LogP contribution is -2.45. The van der Waals surface area contributed by atoms with Crippen molar-refractivity contribution >= 4 is 49.1 Å². The van der Waals surface area contributed by atoms with Gasteiger partial charge in [0, 0.05) is 30.1 Å². The average molecular weight is 412 g/mol. The van der Waals surface area contributed by atoms with Crippen LogP contribution in [0.1, 0.15) is 16.6 Å². The fourth-order valence-corrected chi connectivity index (χ4v) is 3.91. The average Bonchev–Trinajstić information content (AvgIpc) is 2.71. The van der Waals surface area contributed by atoms with Gasteiger partial charge in [0.2, 0.25) is 0 Å². The van der Waals surface area contributed by atoms with Gasteiger partial charge in [-0.3, -0.25) is 9.69 Å². The number of nitrogens with zero attached hydrogens (tertiary/aromatic N) is 1. The molecule has 1 aromatic rings. The highest BCUT2D eigenvalue weighted by atomic mass is 79.9. The lowest BCUT2D eigenvalue weighted by atomic mass is 10.2. The van der Waals surface area contributed by atoms with E-state index in [1.165, 1.54) is 11.3 Å². The monoisotopic (exact) mass is 410 g/mol. The van der Waals surface area contributed by atoms with Crippen molar-refractivity contribution in [1.82, 2.24) is 10.2 Å². The first-order valence-electron chi connectivity index (χ1n) is 6.12. The fraction of sp³-hybridized carbons (Fsp3) is 0.583. The van der Waals surface area contributed by atoms with E-state index in [4.69, 9.17) is 4.74 Å². The van der Waals surface area contributed by atoms with Crippen LogP contribution >= 0.6 is 43.2 Å². The molecule has 1 atom stereocenters. The summed E-state index contributed by atoms with van der Waals surface area (Å²) < 4.78 is 7.17. The molecule has 19 heavy (non-hydrogen) atoms. The highest BCUT2D eigenvalue weighted by molar-refractivity contribution is 9.13. The number of hydrogen-bond donors (Lipinski definition) is 1. The van der Waals surface area contributed by atoms with E-state index in [2.05, 4.69) is 42.1 Å². The standard InChI is InChI=1S/C12H16Br2N2O2S/c1-8(7-16-2-4-18-5-3-16)15-12(17)10-6-9(13)11(14)19-10/h6,8H,2-5,7H2,1H3,(H,15,17). The predicted molar refractivity (Wildman–Crippen MR) is 83.9 cm³/mol. The van der Waals surface area contributed by atoms with Crippen molar-refractivity contribution in [2.45, 2.75) is 13.0 Å². The number of nitrogens with one attached hydrogen (secondary N) is 1. The molecule has 1 aliphatic heterocycles. The topological polar surface area (TPSA) is 41.6 Å². The molecule has 7 heteroatoms. The molecule has 0 radical (unpaired) electrons. The van der Waals surface area contributed by atoms with Crippen LogP contribution in [-0.4, -0.2) is 49.7 Å². The molecular formula is C12H16Br2N2O2S. The van der Waals surface area contributed by atoms with E-state index in [0.717, 1.165) is 41.1 Å². The molecule has 1 aliphatic rings. The van der Waals surface area contributed by atoms with Crippen molar-refractivity contribution in [3.63, 3.8) is 0 Å². The van der Waals surface area contributed by atoms with Crippen molar-refractivity contribution in [2.24, 2.45) is 0 Å². The maximum atomic E-state index is 12.1. The van der Waals surface area contributed by atoms with Gasteiger partial charge in [0.1, 0.15) is 0 Å². The van der Waals surface area contributed by atoms with Crippen molar-refractivity contribution in [3.05, 3.63) is 19.2 Å². The molecule has 0 saturated carbocycles. The van der Waals surface area contributed by atoms with E-state index < -0.39 is 0 Å². The predicted octanol–water partition coefficient (Wildman–Crippen LogP) is 2.72. The van der Waals surface area contributed by atoms with Crippen LogP contribution in [0.15, 0.2) is 14.3 Å². The number of halogens is 2. The summed E-state index contributed by atoms with van der Waals surface area (Å²) in [5.74, 6) is -0.0165. The first-order valence-corrected chi connectivity index (χ1v) is 8.52. The molecule has 0 aromatic carbocycles. The largest absolute Gasteiger partial charge is 0.379 e.